The maximum absolute atomic E-state index is 12.8. The van der Waals surface area contributed by atoms with E-state index in [0.717, 1.165) is 48.6 Å². The monoisotopic (exact) mass is 442 g/mol. The number of hydrogen-bond donors (Lipinski definition) is 1. The predicted molar refractivity (Wildman–Crippen MR) is 115 cm³/mol. The first kappa shape index (κ1) is 21.6. The molecule has 0 spiro atoms. The summed E-state index contributed by atoms with van der Waals surface area (Å²) in [5.74, 6) is 0.646. The fourth-order valence-corrected chi connectivity index (χ4v) is 3.51. The van der Waals surface area contributed by atoms with Gasteiger partial charge in [0.2, 0.25) is 0 Å². The van der Waals surface area contributed by atoms with E-state index in [0.29, 0.717) is 17.2 Å². The summed E-state index contributed by atoms with van der Waals surface area (Å²) < 4.78 is 40.8. The Kier molecular flexibility index (Phi) is 5.98. The first-order valence-electron chi connectivity index (χ1n) is 10.1. The molecule has 3 aromatic rings. The Morgan fingerprint density at radius 1 is 1.19 bits per heavy atom. The Hall–Kier alpha value is -3.62. The number of rotatable bonds is 6. The van der Waals surface area contributed by atoms with E-state index in [1.807, 2.05) is 12.1 Å². The first-order valence-corrected chi connectivity index (χ1v) is 10.1. The van der Waals surface area contributed by atoms with E-state index >= 15 is 0 Å². The van der Waals surface area contributed by atoms with Gasteiger partial charge in [-0.25, -0.2) is 4.98 Å². The van der Waals surface area contributed by atoms with Crippen LogP contribution in [0.4, 0.5) is 24.7 Å². The summed E-state index contributed by atoms with van der Waals surface area (Å²) in [6.07, 6.45) is 1.24. The van der Waals surface area contributed by atoms with Gasteiger partial charge in [0.1, 0.15) is 11.6 Å². The smallest absolute Gasteiger partial charge is 0.406 e. The normalized spacial score (nSPS) is 14.1. The predicted octanol–water partition coefficient (Wildman–Crippen LogP) is 5.14. The minimum absolute atomic E-state index is 0.329. The summed E-state index contributed by atoms with van der Waals surface area (Å²) in [6.45, 7) is 3.98. The summed E-state index contributed by atoms with van der Waals surface area (Å²) >= 11 is 0. The maximum Gasteiger partial charge on any atom is 0.573 e. The van der Waals surface area contributed by atoms with Gasteiger partial charge < -0.3 is 15.0 Å². The number of pyridine rings is 2. The van der Waals surface area contributed by atoms with Gasteiger partial charge in [-0.15, -0.1) is 13.2 Å². The molecule has 1 saturated heterocycles. The van der Waals surface area contributed by atoms with Crippen LogP contribution >= 0.6 is 0 Å². The Balaban J connectivity index is 1.55. The lowest BCUT2D eigenvalue weighted by molar-refractivity contribution is -0.274. The first-order chi connectivity index (χ1) is 15.3. The lowest BCUT2D eigenvalue weighted by Gasteiger charge is -2.40. The summed E-state index contributed by atoms with van der Waals surface area (Å²) in [6, 6.07) is 10.4. The second kappa shape index (κ2) is 8.86. The van der Waals surface area contributed by atoms with E-state index in [-0.39, 0.29) is 5.75 Å². The average molecular weight is 442 g/mol. The molecule has 1 aromatic carbocycles. The highest BCUT2D eigenvalue weighted by molar-refractivity contribution is 6.05. The standard InChI is InChI=1S/C23H21F3N4O2/c1-2-15-13-30(14-15)21-20(16-4-3-9-27-11-16)10-17(12-28-21)22(31)29-18-5-7-19(8-6-18)32-23(24,25)26/h3-12,15H,2,13-14H2,1H3,(H,29,31). The molecule has 0 aliphatic carbocycles. The number of nitrogens with one attached hydrogen (secondary N) is 1. The number of amides is 1. The second-order valence-electron chi connectivity index (χ2n) is 7.54. The summed E-state index contributed by atoms with van der Waals surface area (Å²) in [7, 11) is 0. The highest BCUT2D eigenvalue weighted by atomic mass is 19.4. The molecule has 1 fully saturated rings. The molecule has 2 aromatic heterocycles. The number of halogens is 3. The van der Waals surface area contributed by atoms with Gasteiger partial charge in [0.05, 0.1) is 5.56 Å². The molecule has 4 rings (SSSR count). The molecule has 166 valence electrons. The fourth-order valence-electron chi connectivity index (χ4n) is 3.51. The zero-order valence-electron chi connectivity index (χ0n) is 17.3. The van der Waals surface area contributed by atoms with Crippen molar-refractivity contribution < 1.29 is 22.7 Å². The van der Waals surface area contributed by atoms with Gasteiger partial charge in [0.25, 0.3) is 5.91 Å². The number of hydrogen-bond acceptors (Lipinski definition) is 5. The number of carbonyl (C=O) groups excluding carboxylic acids is 1. The fraction of sp³-hybridized carbons (Fsp3) is 0.261. The van der Waals surface area contributed by atoms with Gasteiger partial charge in [-0.1, -0.05) is 13.0 Å². The number of anilines is 2. The zero-order chi connectivity index (χ0) is 22.7. The number of carbonyl (C=O) groups is 1. The van der Waals surface area contributed by atoms with Crippen LogP contribution < -0.4 is 15.0 Å². The van der Waals surface area contributed by atoms with Crippen LogP contribution in [0.1, 0.15) is 23.7 Å². The second-order valence-corrected chi connectivity index (χ2v) is 7.54. The Morgan fingerprint density at radius 3 is 2.56 bits per heavy atom. The summed E-state index contributed by atoms with van der Waals surface area (Å²) in [5.41, 5.74) is 2.31. The van der Waals surface area contributed by atoms with Crippen LogP contribution in [0.15, 0.2) is 61.1 Å². The molecule has 0 radical (unpaired) electrons. The third-order valence-electron chi connectivity index (χ3n) is 5.28. The van der Waals surface area contributed by atoms with Gasteiger partial charge >= 0.3 is 6.36 Å². The molecule has 6 nitrogen and oxygen atoms in total. The van der Waals surface area contributed by atoms with Crippen molar-refractivity contribution in [3.8, 4) is 16.9 Å². The Morgan fingerprint density at radius 2 is 1.94 bits per heavy atom. The van der Waals surface area contributed by atoms with Crippen LogP contribution in [0.25, 0.3) is 11.1 Å². The van der Waals surface area contributed by atoms with Crippen LogP contribution in [-0.2, 0) is 0 Å². The number of alkyl halides is 3. The maximum atomic E-state index is 12.8. The van der Waals surface area contributed by atoms with Crippen molar-refractivity contribution in [2.75, 3.05) is 23.3 Å². The number of nitrogens with zero attached hydrogens (tertiary/aromatic N) is 3. The molecule has 0 saturated carbocycles. The van der Waals surface area contributed by atoms with Crippen molar-refractivity contribution in [3.63, 3.8) is 0 Å². The van der Waals surface area contributed by atoms with Crippen LogP contribution in [0, 0.1) is 5.92 Å². The molecule has 1 N–H and O–H groups in total. The van der Waals surface area contributed by atoms with E-state index in [4.69, 9.17) is 0 Å². The number of aromatic nitrogens is 2. The quantitative estimate of drug-likeness (QED) is 0.573. The number of benzene rings is 1. The number of ether oxygens (including phenoxy) is 1. The minimum Gasteiger partial charge on any atom is -0.406 e. The highest BCUT2D eigenvalue weighted by Crippen LogP contribution is 2.34. The van der Waals surface area contributed by atoms with Gasteiger partial charge in [-0.05, 0) is 48.7 Å². The molecule has 0 unspecified atom stereocenters. The summed E-state index contributed by atoms with van der Waals surface area (Å²) in [5, 5.41) is 2.67. The van der Waals surface area contributed by atoms with E-state index in [2.05, 4.69) is 31.8 Å². The third kappa shape index (κ3) is 4.99. The highest BCUT2D eigenvalue weighted by Gasteiger charge is 2.31. The largest absolute Gasteiger partial charge is 0.573 e. The topological polar surface area (TPSA) is 67.4 Å². The lowest BCUT2D eigenvalue weighted by atomic mass is 9.95. The molecule has 0 atom stereocenters. The third-order valence-corrected chi connectivity index (χ3v) is 5.28. The molecular formula is C23H21F3N4O2. The SMILES string of the molecule is CCC1CN(c2ncc(C(=O)Nc3ccc(OC(F)(F)F)cc3)cc2-c2cccnc2)C1. The van der Waals surface area contributed by atoms with Crippen LogP contribution in [-0.4, -0.2) is 35.3 Å². The molecular weight excluding hydrogens is 421 g/mol. The molecule has 1 aliphatic heterocycles. The Bertz CT molecular complexity index is 1080. The van der Waals surface area contributed by atoms with Crippen molar-refractivity contribution in [3.05, 3.63) is 66.6 Å². The van der Waals surface area contributed by atoms with E-state index in [1.54, 1.807) is 18.5 Å². The minimum atomic E-state index is -4.77. The van der Waals surface area contributed by atoms with Gasteiger partial charge in [-0.3, -0.25) is 9.78 Å². The zero-order valence-corrected chi connectivity index (χ0v) is 17.3. The molecule has 9 heteroatoms. The molecule has 1 aliphatic rings. The summed E-state index contributed by atoms with van der Waals surface area (Å²) in [4.78, 5) is 23.7. The Labute approximate surface area is 183 Å². The van der Waals surface area contributed by atoms with Crippen molar-refractivity contribution in [1.82, 2.24) is 9.97 Å². The van der Waals surface area contributed by atoms with Crippen molar-refractivity contribution >= 4 is 17.4 Å². The van der Waals surface area contributed by atoms with Gasteiger partial charge in [-0.2, -0.15) is 0 Å². The van der Waals surface area contributed by atoms with E-state index in [9.17, 15) is 18.0 Å². The van der Waals surface area contributed by atoms with E-state index < -0.39 is 12.3 Å². The lowest BCUT2D eigenvalue weighted by Crippen LogP contribution is -2.47. The molecule has 1 amide bonds. The average Bonchev–Trinajstić information content (AvgIpc) is 2.74. The molecule has 0 bridgehead atoms. The molecule has 3 heterocycles. The van der Waals surface area contributed by atoms with Crippen LogP contribution in [0.2, 0.25) is 0 Å². The van der Waals surface area contributed by atoms with Crippen molar-refractivity contribution in [2.45, 2.75) is 19.7 Å². The van der Waals surface area contributed by atoms with Crippen LogP contribution in [0.5, 0.6) is 5.75 Å². The van der Waals surface area contributed by atoms with Crippen LogP contribution in [0.3, 0.4) is 0 Å². The van der Waals surface area contributed by atoms with Crippen molar-refractivity contribution in [1.29, 1.82) is 0 Å². The van der Waals surface area contributed by atoms with Gasteiger partial charge in [0, 0.05) is 48.5 Å². The van der Waals surface area contributed by atoms with E-state index in [1.165, 1.54) is 18.3 Å². The molecule has 32 heavy (non-hydrogen) atoms. The van der Waals surface area contributed by atoms with Gasteiger partial charge in [0.15, 0.2) is 0 Å². The van der Waals surface area contributed by atoms with Crippen molar-refractivity contribution in [2.24, 2.45) is 5.92 Å².